The molecule has 0 N–H and O–H groups in total. The molecule has 0 radical (unpaired) electrons. The fourth-order valence-corrected chi connectivity index (χ4v) is 2.49. The molecule has 2 atom stereocenters. The summed E-state index contributed by atoms with van der Waals surface area (Å²) in [5.41, 5.74) is 0.975. The van der Waals surface area contributed by atoms with E-state index in [0.29, 0.717) is 16.0 Å². The minimum atomic E-state index is -0.0234. The summed E-state index contributed by atoms with van der Waals surface area (Å²) in [5, 5.41) is 1.28. The summed E-state index contributed by atoms with van der Waals surface area (Å²) in [4.78, 5) is 0. The molecule has 1 aromatic carbocycles. The second-order valence-corrected chi connectivity index (χ2v) is 5.25. The molecule has 3 heteroatoms. The van der Waals surface area contributed by atoms with Crippen LogP contribution in [0.4, 0.5) is 0 Å². The Morgan fingerprint density at radius 3 is 2.47 bits per heavy atom. The van der Waals surface area contributed by atoms with Crippen LogP contribution in [-0.2, 0) is 0 Å². The molecule has 0 aromatic heterocycles. The average Bonchev–Trinajstić information content (AvgIpc) is 2.17. The van der Waals surface area contributed by atoms with E-state index in [9.17, 15) is 0 Å². The highest BCUT2D eigenvalue weighted by atomic mass is 35.5. The Morgan fingerprint density at radius 2 is 1.93 bits per heavy atom. The van der Waals surface area contributed by atoms with E-state index in [1.165, 1.54) is 0 Å². The predicted octanol–water partition coefficient (Wildman–Crippen LogP) is 5.71. The van der Waals surface area contributed by atoms with Crippen molar-refractivity contribution in [2.45, 2.75) is 32.1 Å². The highest BCUT2D eigenvalue weighted by molar-refractivity contribution is 6.35. The fraction of sp³-hybridized carbons (Fsp3) is 0.500. The molecule has 15 heavy (non-hydrogen) atoms. The van der Waals surface area contributed by atoms with Gasteiger partial charge in [0.15, 0.2) is 0 Å². The van der Waals surface area contributed by atoms with E-state index in [4.69, 9.17) is 34.8 Å². The number of hydrogen-bond donors (Lipinski definition) is 0. The largest absolute Gasteiger partial charge is 0.118 e. The van der Waals surface area contributed by atoms with Gasteiger partial charge in [0.25, 0.3) is 0 Å². The first-order chi connectivity index (χ1) is 7.04. The smallest absolute Gasteiger partial charge is 0.0602 e. The number of rotatable bonds is 4. The van der Waals surface area contributed by atoms with Crippen LogP contribution in [0.15, 0.2) is 18.2 Å². The first kappa shape index (κ1) is 13.2. The molecule has 1 rings (SSSR count). The number of hydrogen-bond acceptors (Lipinski definition) is 0. The monoisotopic (exact) mass is 264 g/mol. The Balaban J connectivity index is 2.77. The first-order valence-electron chi connectivity index (χ1n) is 5.13. The second-order valence-electron chi connectivity index (χ2n) is 3.88. The fourth-order valence-electron chi connectivity index (χ4n) is 1.40. The van der Waals surface area contributed by atoms with Crippen molar-refractivity contribution in [2.24, 2.45) is 5.92 Å². The molecule has 0 saturated heterocycles. The van der Waals surface area contributed by atoms with Gasteiger partial charge < -0.3 is 0 Å². The van der Waals surface area contributed by atoms with Gasteiger partial charge in [-0.25, -0.2) is 0 Å². The van der Waals surface area contributed by atoms with E-state index < -0.39 is 0 Å². The van der Waals surface area contributed by atoms with E-state index in [0.717, 1.165) is 18.4 Å². The summed E-state index contributed by atoms with van der Waals surface area (Å²) >= 11 is 18.2. The summed E-state index contributed by atoms with van der Waals surface area (Å²) in [6.07, 6.45) is 2.08. The molecule has 2 unspecified atom stereocenters. The van der Waals surface area contributed by atoms with Crippen LogP contribution in [0.2, 0.25) is 10.0 Å². The Morgan fingerprint density at radius 1 is 1.27 bits per heavy atom. The molecule has 84 valence electrons. The van der Waals surface area contributed by atoms with Gasteiger partial charge in [0, 0.05) is 10.0 Å². The van der Waals surface area contributed by atoms with Gasteiger partial charge in [-0.15, -0.1) is 11.6 Å². The van der Waals surface area contributed by atoms with Crippen LogP contribution in [0.5, 0.6) is 0 Å². The summed E-state index contributed by atoms with van der Waals surface area (Å²) in [7, 11) is 0. The molecule has 0 aliphatic rings. The zero-order valence-electron chi connectivity index (χ0n) is 8.93. The van der Waals surface area contributed by atoms with Gasteiger partial charge in [0.05, 0.1) is 5.38 Å². The molecular formula is C12H15Cl3. The standard InChI is InChI=1S/C12H15Cl3/c1-3-8(2)6-11(14)10-5-4-9(13)7-12(10)15/h4-5,7-8,11H,3,6H2,1-2H3. The van der Waals surface area contributed by atoms with E-state index in [1.54, 1.807) is 6.07 Å². The van der Waals surface area contributed by atoms with E-state index in [1.807, 2.05) is 12.1 Å². The van der Waals surface area contributed by atoms with Crippen molar-refractivity contribution in [3.05, 3.63) is 33.8 Å². The quantitative estimate of drug-likeness (QED) is 0.612. The molecule has 0 aliphatic heterocycles. The van der Waals surface area contributed by atoms with Gasteiger partial charge in [0.2, 0.25) is 0 Å². The van der Waals surface area contributed by atoms with Gasteiger partial charge in [-0.05, 0) is 30.0 Å². The Hall–Kier alpha value is 0.0900. The lowest BCUT2D eigenvalue weighted by atomic mass is 9.98. The van der Waals surface area contributed by atoms with Crippen molar-refractivity contribution < 1.29 is 0 Å². The maximum Gasteiger partial charge on any atom is 0.0602 e. The maximum absolute atomic E-state index is 6.31. The van der Waals surface area contributed by atoms with Crippen molar-refractivity contribution in [3.63, 3.8) is 0 Å². The maximum atomic E-state index is 6.31. The van der Waals surface area contributed by atoms with Crippen LogP contribution in [0.25, 0.3) is 0 Å². The van der Waals surface area contributed by atoms with Gasteiger partial charge in [0.1, 0.15) is 0 Å². The SMILES string of the molecule is CCC(C)CC(Cl)c1ccc(Cl)cc1Cl. The first-order valence-corrected chi connectivity index (χ1v) is 6.32. The molecule has 1 aromatic rings. The summed E-state index contributed by atoms with van der Waals surface area (Å²) in [6, 6.07) is 5.48. The Kier molecular flexibility index (Phi) is 5.25. The van der Waals surface area contributed by atoms with Crippen LogP contribution >= 0.6 is 34.8 Å². The van der Waals surface area contributed by atoms with E-state index >= 15 is 0 Å². The lowest BCUT2D eigenvalue weighted by Crippen LogP contribution is -1.99. The minimum absolute atomic E-state index is 0.0234. The van der Waals surface area contributed by atoms with Crippen molar-refractivity contribution in [1.82, 2.24) is 0 Å². The predicted molar refractivity (Wildman–Crippen MR) is 69.1 cm³/mol. The molecule has 0 nitrogen and oxygen atoms in total. The van der Waals surface area contributed by atoms with Crippen LogP contribution in [-0.4, -0.2) is 0 Å². The van der Waals surface area contributed by atoms with Crippen LogP contribution in [0.1, 0.15) is 37.6 Å². The summed E-state index contributed by atoms with van der Waals surface area (Å²) in [6.45, 7) is 4.36. The third-order valence-corrected chi connectivity index (χ3v) is 3.58. The summed E-state index contributed by atoms with van der Waals surface area (Å²) < 4.78 is 0. The highest BCUT2D eigenvalue weighted by Gasteiger charge is 2.14. The minimum Gasteiger partial charge on any atom is -0.118 e. The van der Waals surface area contributed by atoms with Crippen molar-refractivity contribution >= 4 is 34.8 Å². The third-order valence-electron chi connectivity index (χ3n) is 2.61. The van der Waals surface area contributed by atoms with Crippen molar-refractivity contribution in [2.75, 3.05) is 0 Å². The number of benzene rings is 1. The summed E-state index contributed by atoms with van der Waals surface area (Å²) in [5.74, 6) is 0.610. The molecule has 0 fully saturated rings. The van der Waals surface area contributed by atoms with Crippen LogP contribution in [0.3, 0.4) is 0 Å². The Labute approximate surface area is 107 Å². The number of halogens is 3. The molecule has 0 saturated carbocycles. The zero-order valence-corrected chi connectivity index (χ0v) is 11.2. The lowest BCUT2D eigenvalue weighted by Gasteiger charge is -2.15. The zero-order chi connectivity index (χ0) is 11.4. The van der Waals surface area contributed by atoms with Gasteiger partial charge in [-0.3, -0.25) is 0 Å². The van der Waals surface area contributed by atoms with Gasteiger partial charge >= 0.3 is 0 Å². The highest BCUT2D eigenvalue weighted by Crippen LogP contribution is 2.34. The molecule has 0 aliphatic carbocycles. The van der Waals surface area contributed by atoms with Crippen LogP contribution in [0, 0.1) is 5.92 Å². The van der Waals surface area contributed by atoms with Gasteiger partial charge in [-0.2, -0.15) is 0 Å². The van der Waals surface area contributed by atoms with Crippen molar-refractivity contribution in [1.29, 1.82) is 0 Å². The molecule has 0 amide bonds. The third kappa shape index (κ3) is 3.86. The topological polar surface area (TPSA) is 0 Å². The Bertz CT molecular complexity index is 323. The molecule has 0 spiro atoms. The van der Waals surface area contributed by atoms with E-state index in [2.05, 4.69) is 13.8 Å². The molecular weight excluding hydrogens is 250 g/mol. The number of alkyl halides is 1. The lowest BCUT2D eigenvalue weighted by molar-refractivity contribution is 0.508. The van der Waals surface area contributed by atoms with Crippen molar-refractivity contribution in [3.8, 4) is 0 Å². The van der Waals surface area contributed by atoms with Gasteiger partial charge in [-0.1, -0.05) is 49.5 Å². The second kappa shape index (κ2) is 5.98. The average molecular weight is 266 g/mol. The normalized spacial score (nSPS) is 15.0. The van der Waals surface area contributed by atoms with E-state index in [-0.39, 0.29) is 5.38 Å². The van der Waals surface area contributed by atoms with Crippen LogP contribution < -0.4 is 0 Å². The molecule has 0 heterocycles. The molecule has 0 bridgehead atoms.